The van der Waals surface area contributed by atoms with Gasteiger partial charge < -0.3 is 9.30 Å². The van der Waals surface area contributed by atoms with E-state index in [1.54, 1.807) is 61.5 Å². The van der Waals surface area contributed by atoms with E-state index in [-0.39, 0.29) is 24.9 Å². The number of hydrogen-bond acceptors (Lipinski definition) is 4. The highest BCUT2D eigenvalue weighted by molar-refractivity contribution is 6.08. The maximum atomic E-state index is 13.4. The van der Waals surface area contributed by atoms with Crippen molar-refractivity contribution in [1.29, 1.82) is 0 Å². The highest BCUT2D eigenvalue weighted by atomic mass is 19.4. The van der Waals surface area contributed by atoms with Gasteiger partial charge in [0.1, 0.15) is 18.5 Å². The highest BCUT2D eigenvalue weighted by Crippen LogP contribution is 2.31. The molecular weight excluding hydrogens is 447 g/mol. The monoisotopic (exact) mass is 473 g/mol. The first-order valence-electron chi connectivity index (χ1n) is 10.8. The van der Waals surface area contributed by atoms with Crippen LogP contribution in [0.3, 0.4) is 0 Å². The van der Waals surface area contributed by atoms with Gasteiger partial charge in [0.15, 0.2) is 0 Å². The molecule has 3 aromatic rings. The Kier molecular flexibility index (Phi) is 8.31. The smallest absolute Gasteiger partial charge is 0.417 e. The average molecular weight is 473 g/mol. The van der Waals surface area contributed by atoms with E-state index in [0.29, 0.717) is 11.3 Å². The molecule has 180 valence electrons. The first-order valence-corrected chi connectivity index (χ1v) is 10.8. The lowest BCUT2D eigenvalue weighted by Gasteiger charge is -2.13. The van der Waals surface area contributed by atoms with Gasteiger partial charge in [-0.25, -0.2) is 4.89 Å². The zero-order valence-corrected chi connectivity index (χ0v) is 18.9. The van der Waals surface area contributed by atoms with Crippen LogP contribution in [0, 0.1) is 0 Å². The molecule has 0 saturated carbocycles. The molecule has 1 aromatic heterocycles. The molecule has 3 rings (SSSR count). The second-order valence-corrected chi connectivity index (χ2v) is 7.84. The summed E-state index contributed by atoms with van der Waals surface area (Å²) in [4.78, 5) is 17.1. The molecule has 0 amide bonds. The van der Waals surface area contributed by atoms with Crippen LogP contribution < -0.4 is 4.74 Å². The quantitative estimate of drug-likeness (QED) is 0.214. The van der Waals surface area contributed by atoms with Crippen molar-refractivity contribution in [2.75, 3.05) is 6.61 Å². The third-order valence-electron chi connectivity index (χ3n) is 5.20. The summed E-state index contributed by atoms with van der Waals surface area (Å²) in [6.45, 7) is 3.80. The first-order chi connectivity index (χ1) is 16.2. The number of aromatic nitrogens is 1. The maximum Gasteiger partial charge on any atom is 0.417 e. The summed E-state index contributed by atoms with van der Waals surface area (Å²) in [6, 6.07) is 14.8. The predicted octanol–water partition coefficient (Wildman–Crippen LogP) is 6.27. The molecule has 1 heterocycles. The molecule has 8 heteroatoms. The number of carbonyl (C=O) groups is 1. The van der Waals surface area contributed by atoms with E-state index in [1.807, 2.05) is 13.0 Å². The van der Waals surface area contributed by atoms with Crippen LogP contribution in [-0.2, 0) is 24.0 Å². The van der Waals surface area contributed by atoms with Crippen molar-refractivity contribution in [3.05, 3.63) is 94.8 Å². The minimum atomic E-state index is -4.56. The van der Waals surface area contributed by atoms with Crippen LogP contribution >= 0.6 is 0 Å². The number of rotatable bonds is 10. The Morgan fingerprint density at radius 3 is 2.53 bits per heavy atom. The van der Waals surface area contributed by atoms with Crippen molar-refractivity contribution in [3.8, 4) is 5.75 Å². The number of hydrogen-bond donors (Lipinski definition) is 1. The number of ketones is 1. The number of benzene rings is 2. The van der Waals surface area contributed by atoms with E-state index in [9.17, 15) is 18.0 Å². The molecule has 0 fully saturated rings. The lowest BCUT2D eigenvalue weighted by Crippen LogP contribution is -2.18. The fourth-order valence-corrected chi connectivity index (χ4v) is 3.41. The van der Waals surface area contributed by atoms with Crippen LogP contribution in [0.25, 0.3) is 6.08 Å². The molecule has 0 spiro atoms. The van der Waals surface area contributed by atoms with Crippen LogP contribution in [0.2, 0.25) is 0 Å². The fraction of sp³-hybridized carbons (Fsp3) is 0.269. The minimum Gasteiger partial charge on any atom is -0.488 e. The van der Waals surface area contributed by atoms with Crippen molar-refractivity contribution in [2.24, 2.45) is 0 Å². The zero-order valence-electron chi connectivity index (χ0n) is 18.9. The Hall–Kier alpha value is -3.36. The summed E-state index contributed by atoms with van der Waals surface area (Å²) in [5.41, 5.74) is 1.23. The largest absolute Gasteiger partial charge is 0.488 e. The molecule has 1 N–H and O–H groups in total. The lowest BCUT2D eigenvalue weighted by molar-refractivity contribution is -0.253. The molecule has 1 atom stereocenters. The van der Waals surface area contributed by atoms with Gasteiger partial charge in [0.05, 0.1) is 11.3 Å². The summed E-state index contributed by atoms with van der Waals surface area (Å²) >= 11 is 0. The van der Waals surface area contributed by atoms with Gasteiger partial charge in [0, 0.05) is 18.3 Å². The molecule has 2 aromatic carbocycles. The van der Waals surface area contributed by atoms with Crippen molar-refractivity contribution < 1.29 is 32.8 Å². The Labute approximate surface area is 196 Å². The van der Waals surface area contributed by atoms with E-state index in [1.165, 1.54) is 4.57 Å². The van der Waals surface area contributed by atoms with Gasteiger partial charge >= 0.3 is 6.18 Å². The summed E-state index contributed by atoms with van der Waals surface area (Å²) < 4.78 is 47.0. The summed E-state index contributed by atoms with van der Waals surface area (Å²) in [5, 5.41) is 8.52. The SMILES string of the molecule is CCc1ccc(C(=O)c2cc(C(F)(F)F)cn2C/C=C/c2cccc(O[C@@H](C)COO)c2)cc1. The molecule has 0 bridgehead atoms. The van der Waals surface area contributed by atoms with E-state index in [0.717, 1.165) is 29.8 Å². The third-order valence-corrected chi connectivity index (χ3v) is 5.20. The van der Waals surface area contributed by atoms with Crippen molar-refractivity contribution in [1.82, 2.24) is 4.57 Å². The maximum absolute atomic E-state index is 13.4. The molecule has 0 saturated heterocycles. The van der Waals surface area contributed by atoms with Gasteiger partial charge in [-0.1, -0.05) is 55.5 Å². The number of ether oxygens (including phenoxy) is 1. The Bertz CT molecular complexity index is 1130. The Balaban J connectivity index is 1.81. The number of nitrogens with zero attached hydrogens (tertiary/aromatic N) is 1. The molecule has 34 heavy (non-hydrogen) atoms. The normalized spacial score (nSPS) is 12.8. The Morgan fingerprint density at radius 2 is 1.88 bits per heavy atom. The van der Waals surface area contributed by atoms with E-state index < -0.39 is 17.5 Å². The molecule has 0 aliphatic heterocycles. The van der Waals surface area contributed by atoms with Gasteiger partial charge in [-0.15, -0.1) is 0 Å². The van der Waals surface area contributed by atoms with E-state index in [4.69, 9.17) is 9.99 Å². The number of alkyl halides is 3. The first kappa shape index (κ1) is 25.3. The van der Waals surface area contributed by atoms with Crippen molar-refractivity contribution in [3.63, 3.8) is 0 Å². The van der Waals surface area contributed by atoms with Crippen LogP contribution in [0.1, 0.15) is 46.6 Å². The van der Waals surface area contributed by atoms with Gasteiger partial charge in [-0.3, -0.25) is 10.1 Å². The van der Waals surface area contributed by atoms with Crippen molar-refractivity contribution in [2.45, 2.75) is 39.1 Å². The van der Waals surface area contributed by atoms with Gasteiger partial charge in [-0.05, 0) is 42.7 Å². The minimum absolute atomic E-state index is 0.00715. The average Bonchev–Trinajstić information content (AvgIpc) is 3.24. The van der Waals surface area contributed by atoms with Crippen LogP contribution in [0.5, 0.6) is 5.75 Å². The lowest BCUT2D eigenvalue weighted by atomic mass is 10.0. The summed E-state index contributed by atoms with van der Waals surface area (Å²) in [6.07, 6.45) is 0.234. The second-order valence-electron chi connectivity index (χ2n) is 7.84. The van der Waals surface area contributed by atoms with E-state index >= 15 is 0 Å². The molecular formula is C26H26F3NO4. The zero-order chi connectivity index (χ0) is 24.7. The van der Waals surface area contributed by atoms with E-state index in [2.05, 4.69) is 4.89 Å². The topological polar surface area (TPSA) is 60.7 Å². The van der Waals surface area contributed by atoms with Crippen LogP contribution in [0.15, 0.2) is 66.9 Å². The number of allylic oxidation sites excluding steroid dienone is 1. The number of aryl methyl sites for hydroxylation is 1. The Morgan fingerprint density at radius 1 is 1.15 bits per heavy atom. The highest BCUT2D eigenvalue weighted by Gasteiger charge is 2.33. The van der Waals surface area contributed by atoms with Crippen molar-refractivity contribution >= 4 is 11.9 Å². The van der Waals surface area contributed by atoms with Gasteiger partial charge in [0.25, 0.3) is 0 Å². The third kappa shape index (κ3) is 6.59. The summed E-state index contributed by atoms with van der Waals surface area (Å²) in [5.74, 6) is 0.0838. The molecule has 0 aliphatic rings. The molecule has 5 nitrogen and oxygen atoms in total. The number of carbonyl (C=O) groups excluding carboxylic acids is 1. The molecule has 0 unspecified atom stereocenters. The fourth-order valence-electron chi connectivity index (χ4n) is 3.41. The van der Waals surface area contributed by atoms with Crippen LogP contribution in [0.4, 0.5) is 13.2 Å². The predicted molar refractivity (Wildman–Crippen MR) is 123 cm³/mol. The molecule has 0 aliphatic carbocycles. The summed E-state index contributed by atoms with van der Waals surface area (Å²) in [7, 11) is 0. The second kappa shape index (κ2) is 11.2. The van der Waals surface area contributed by atoms with Gasteiger partial charge in [0.2, 0.25) is 5.78 Å². The molecule has 0 radical (unpaired) electrons. The number of halogens is 3. The van der Waals surface area contributed by atoms with Gasteiger partial charge in [-0.2, -0.15) is 13.2 Å². The standard InChI is InChI=1S/C26H26F3NO4/c1-3-19-9-11-21(12-10-19)25(31)24-15-22(26(27,28)29)16-30(24)13-5-7-20-6-4-8-23(14-20)34-18(2)17-33-32/h4-12,14-16,18,32H,3,13,17H2,1-2H3/b7-5+/t18-/m0/s1. The van der Waals surface area contributed by atoms with Crippen LogP contribution in [-0.4, -0.2) is 28.3 Å².